The normalized spacial score (nSPS) is 12.4. The quantitative estimate of drug-likeness (QED) is 0.690. The summed E-state index contributed by atoms with van der Waals surface area (Å²) in [4.78, 5) is 12.3. The molecule has 152 valence electrons. The van der Waals surface area contributed by atoms with E-state index in [2.05, 4.69) is 5.32 Å². The highest BCUT2D eigenvalue weighted by atomic mass is 19.4. The van der Waals surface area contributed by atoms with Crippen LogP contribution in [0.3, 0.4) is 0 Å². The molecule has 2 aromatic carbocycles. The van der Waals surface area contributed by atoms with Crippen molar-refractivity contribution in [2.75, 3.05) is 13.7 Å². The van der Waals surface area contributed by atoms with Crippen molar-refractivity contribution in [1.29, 1.82) is 0 Å². The third-order valence-corrected chi connectivity index (χ3v) is 4.17. The topological polar surface area (TPSA) is 47.6 Å². The number of ether oxygens (including phenoxy) is 2. The minimum Gasteiger partial charge on any atom is -0.493 e. The molecule has 0 aliphatic carbocycles. The number of hydrogen-bond donors (Lipinski definition) is 1. The maximum Gasteiger partial charge on any atom is 0.416 e. The molecular formula is C21H24F3NO3. The SMILES string of the molecule is CCCOc1ccc(C(C)NC(=O)Cc2ccc(C(F)(F)F)cc2)cc1OC. The molecule has 1 unspecified atom stereocenters. The van der Waals surface area contributed by atoms with Crippen molar-refractivity contribution in [3.05, 3.63) is 59.2 Å². The maximum atomic E-state index is 12.6. The predicted octanol–water partition coefficient (Wildman–Crippen LogP) is 4.92. The van der Waals surface area contributed by atoms with Gasteiger partial charge in [0.25, 0.3) is 0 Å². The fraction of sp³-hybridized carbons (Fsp3) is 0.381. The number of halogens is 3. The summed E-state index contributed by atoms with van der Waals surface area (Å²) in [5.41, 5.74) is 0.613. The molecule has 0 spiro atoms. The number of hydrogen-bond acceptors (Lipinski definition) is 3. The first-order valence-corrected chi connectivity index (χ1v) is 9.00. The van der Waals surface area contributed by atoms with Gasteiger partial charge in [-0.3, -0.25) is 4.79 Å². The Hall–Kier alpha value is -2.70. The van der Waals surface area contributed by atoms with Crippen molar-refractivity contribution in [2.24, 2.45) is 0 Å². The van der Waals surface area contributed by atoms with E-state index in [1.807, 2.05) is 19.9 Å². The summed E-state index contributed by atoms with van der Waals surface area (Å²) in [7, 11) is 1.55. The molecule has 0 bridgehead atoms. The van der Waals surface area contributed by atoms with E-state index in [0.717, 1.165) is 24.1 Å². The molecule has 0 fully saturated rings. The highest BCUT2D eigenvalue weighted by Crippen LogP contribution is 2.31. The van der Waals surface area contributed by atoms with Crippen LogP contribution in [0, 0.1) is 0 Å². The number of benzene rings is 2. The van der Waals surface area contributed by atoms with Gasteiger partial charge in [-0.05, 0) is 48.7 Å². The van der Waals surface area contributed by atoms with E-state index in [0.29, 0.717) is 23.7 Å². The molecule has 1 amide bonds. The van der Waals surface area contributed by atoms with Crippen molar-refractivity contribution < 1.29 is 27.4 Å². The maximum absolute atomic E-state index is 12.6. The highest BCUT2D eigenvalue weighted by Gasteiger charge is 2.30. The lowest BCUT2D eigenvalue weighted by molar-refractivity contribution is -0.137. The van der Waals surface area contributed by atoms with Crippen molar-refractivity contribution >= 4 is 5.91 Å². The fourth-order valence-electron chi connectivity index (χ4n) is 2.66. The highest BCUT2D eigenvalue weighted by molar-refractivity contribution is 5.79. The molecule has 28 heavy (non-hydrogen) atoms. The second-order valence-corrected chi connectivity index (χ2v) is 6.42. The van der Waals surface area contributed by atoms with Crippen molar-refractivity contribution in [1.82, 2.24) is 5.32 Å². The summed E-state index contributed by atoms with van der Waals surface area (Å²) in [5.74, 6) is 0.934. The summed E-state index contributed by atoms with van der Waals surface area (Å²) >= 11 is 0. The van der Waals surface area contributed by atoms with Gasteiger partial charge in [0.15, 0.2) is 11.5 Å². The molecule has 0 heterocycles. The van der Waals surface area contributed by atoms with Gasteiger partial charge in [0.1, 0.15) is 0 Å². The minimum absolute atomic E-state index is 0.00267. The van der Waals surface area contributed by atoms with Crippen LogP contribution in [0.4, 0.5) is 13.2 Å². The Morgan fingerprint density at radius 2 is 1.79 bits per heavy atom. The molecular weight excluding hydrogens is 371 g/mol. The Kier molecular flexibility index (Phi) is 7.31. The van der Waals surface area contributed by atoms with Gasteiger partial charge in [0, 0.05) is 0 Å². The molecule has 1 atom stereocenters. The Morgan fingerprint density at radius 3 is 2.36 bits per heavy atom. The number of methoxy groups -OCH3 is 1. The molecule has 0 aromatic heterocycles. The lowest BCUT2D eigenvalue weighted by Crippen LogP contribution is -2.28. The van der Waals surface area contributed by atoms with E-state index < -0.39 is 11.7 Å². The Morgan fingerprint density at radius 1 is 1.11 bits per heavy atom. The first kappa shape index (κ1) is 21.6. The van der Waals surface area contributed by atoms with Gasteiger partial charge in [0.05, 0.1) is 31.7 Å². The van der Waals surface area contributed by atoms with Crippen LogP contribution >= 0.6 is 0 Å². The van der Waals surface area contributed by atoms with Crippen LogP contribution in [0.5, 0.6) is 11.5 Å². The number of nitrogens with one attached hydrogen (secondary N) is 1. The Balaban J connectivity index is 2.00. The molecule has 1 N–H and O–H groups in total. The van der Waals surface area contributed by atoms with Crippen LogP contribution in [0.2, 0.25) is 0 Å². The molecule has 0 saturated carbocycles. The fourth-order valence-corrected chi connectivity index (χ4v) is 2.66. The van der Waals surface area contributed by atoms with Crippen LogP contribution in [0.25, 0.3) is 0 Å². The molecule has 0 saturated heterocycles. The third kappa shape index (κ3) is 5.90. The van der Waals surface area contributed by atoms with Crippen LogP contribution in [0.15, 0.2) is 42.5 Å². The number of carbonyl (C=O) groups excluding carboxylic acids is 1. The number of amides is 1. The van der Waals surface area contributed by atoms with E-state index >= 15 is 0 Å². The smallest absolute Gasteiger partial charge is 0.416 e. The van der Waals surface area contributed by atoms with E-state index in [1.165, 1.54) is 12.1 Å². The van der Waals surface area contributed by atoms with Crippen molar-refractivity contribution in [2.45, 2.75) is 38.9 Å². The van der Waals surface area contributed by atoms with Gasteiger partial charge in [-0.25, -0.2) is 0 Å². The monoisotopic (exact) mass is 395 g/mol. The molecule has 7 heteroatoms. The van der Waals surface area contributed by atoms with Crippen molar-refractivity contribution in [3.63, 3.8) is 0 Å². The van der Waals surface area contributed by atoms with Gasteiger partial charge in [-0.1, -0.05) is 25.1 Å². The lowest BCUT2D eigenvalue weighted by Gasteiger charge is -2.17. The first-order chi connectivity index (χ1) is 13.2. The summed E-state index contributed by atoms with van der Waals surface area (Å²) in [5, 5.41) is 2.85. The van der Waals surface area contributed by atoms with Gasteiger partial charge in [-0.2, -0.15) is 13.2 Å². The van der Waals surface area contributed by atoms with Crippen LogP contribution in [-0.2, 0) is 17.4 Å². The molecule has 4 nitrogen and oxygen atoms in total. The average molecular weight is 395 g/mol. The minimum atomic E-state index is -4.39. The summed E-state index contributed by atoms with van der Waals surface area (Å²) in [6.45, 7) is 4.41. The van der Waals surface area contributed by atoms with Crippen LogP contribution in [0.1, 0.15) is 43.0 Å². The average Bonchev–Trinajstić information content (AvgIpc) is 2.65. The zero-order chi connectivity index (χ0) is 20.7. The number of carbonyl (C=O) groups is 1. The first-order valence-electron chi connectivity index (χ1n) is 9.00. The predicted molar refractivity (Wildman–Crippen MR) is 100 cm³/mol. The zero-order valence-electron chi connectivity index (χ0n) is 16.1. The Bertz CT molecular complexity index is 788. The number of rotatable bonds is 8. The number of alkyl halides is 3. The van der Waals surface area contributed by atoms with E-state index in [9.17, 15) is 18.0 Å². The van der Waals surface area contributed by atoms with Gasteiger partial charge in [-0.15, -0.1) is 0 Å². The van der Waals surface area contributed by atoms with E-state index in [1.54, 1.807) is 19.2 Å². The Labute approximate surface area is 162 Å². The third-order valence-electron chi connectivity index (χ3n) is 4.17. The van der Waals surface area contributed by atoms with Crippen LogP contribution < -0.4 is 14.8 Å². The summed E-state index contributed by atoms with van der Waals surface area (Å²) in [6.07, 6.45) is -3.51. The molecule has 2 rings (SSSR count). The molecule has 0 aliphatic rings. The zero-order valence-corrected chi connectivity index (χ0v) is 16.1. The molecule has 2 aromatic rings. The summed E-state index contributed by atoms with van der Waals surface area (Å²) < 4.78 is 48.8. The standard InChI is InChI=1S/C21H24F3NO3/c1-4-11-28-18-10-7-16(13-19(18)27-3)14(2)25-20(26)12-15-5-8-17(9-6-15)21(22,23)24/h5-10,13-14H,4,11-12H2,1-3H3,(H,25,26). The second kappa shape index (κ2) is 9.48. The molecule has 0 radical (unpaired) electrons. The van der Waals surface area contributed by atoms with Gasteiger partial charge < -0.3 is 14.8 Å². The summed E-state index contributed by atoms with van der Waals surface area (Å²) in [6, 6.07) is 9.73. The lowest BCUT2D eigenvalue weighted by atomic mass is 10.1. The van der Waals surface area contributed by atoms with E-state index in [-0.39, 0.29) is 18.4 Å². The van der Waals surface area contributed by atoms with E-state index in [4.69, 9.17) is 9.47 Å². The molecule has 0 aliphatic heterocycles. The largest absolute Gasteiger partial charge is 0.493 e. The van der Waals surface area contributed by atoms with Crippen LogP contribution in [-0.4, -0.2) is 19.6 Å². The van der Waals surface area contributed by atoms with Gasteiger partial charge >= 0.3 is 6.18 Å². The second-order valence-electron chi connectivity index (χ2n) is 6.42. The van der Waals surface area contributed by atoms with Crippen molar-refractivity contribution in [3.8, 4) is 11.5 Å². The van der Waals surface area contributed by atoms with Gasteiger partial charge in [0.2, 0.25) is 5.91 Å².